The van der Waals surface area contributed by atoms with Crippen LogP contribution in [0.1, 0.15) is 27.7 Å². The van der Waals surface area contributed by atoms with Gasteiger partial charge in [-0.15, -0.1) is 6.42 Å². The van der Waals surface area contributed by atoms with Gasteiger partial charge in [-0.05, 0) is 0 Å². The van der Waals surface area contributed by atoms with Crippen LogP contribution in [0.2, 0.25) is 0 Å². The molecular weight excluding hydrogens is 208 g/mol. The lowest BCUT2D eigenvalue weighted by Gasteiger charge is -2.35. The molecule has 0 spiro atoms. The number of nitroso groups, excluding NO2 is 1. The van der Waals surface area contributed by atoms with Crippen LogP contribution >= 0.6 is 0 Å². The van der Waals surface area contributed by atoms with E-state index in [4.69, 9.17) is 6.42 Å². The highest BCUT2D eigenvalue weighted by molar-refractivity contribution is 6.04. The van der Waals surface area contributed by atoms with Crippen molar-refractivity contribution in [2.75, 3.05) is 6.54 Å². The molecule has 0 aromatic carbocycles. The summed E-state index contributed by atoms with van der Waals surface area (Å²) < 4.78 is 0.539. The highest BCUT2D eigenvalue weighted by Gasteiger charge is 2.64. The van der Waals surface area contributed by atoms with Gasteiger partial charge in [-0.25, -0.2) is 0 Å². The second-order valence-electron chi connectivity index (χ2n) is 4.81. The maximum absolute atomic E-state index is 11.9. The fraction of sp³-hybridized carbons (Fsp3) is 0.636. The van der Waals surface area contributed by atoms with Crippen LogP contribution in [0.3, 0.4) is 0 Å². The molecule has 0 atom stereocenters. The van der Waals surface area contributed by atoms with Gasteiger partial charge < -0.3 is 0 Å². The number of carbonyl (C=O) groups is 2. The van der Waals surface area contributed by atoms with E-state index in [0.29, 0.717) is 4.76 Å². The molecule has 1 heterocycles. The second-order valence-corrected chi connectivity index (χ2v) is 4.81. The minimum Gasteiger partial charge on any atom is -0.266 e. The third-order valence-electron chi connectivity index (χ3n) is 2.80. The first-order valence-corrected chi connectivity index (χ1v) is 4.94. The molecule has 16 heavy (non-hydrogen) atoms. The number of imide groups is 1. The summed E-state index contributed by atoms with van der Waals surface area (Å²) in [5, 5.41) is 0. The fourth-order valence-electron chi connectivity index (χ4n) is 1.86. The van der Waals surface area contributed by atoms with Gasteiger partial charge in [-0.1, -0.05) is 5.92 Å². The second kappa shape index (κ2) is 3.41. The van der Waals surface area contributed by atoms with E-state index in [1.807, 2.05) is 0 Å². The van der Waals surface area contributed by atoms with Crippen molar-refractivity contribution in [3.05, 3.63) is 4.91 Å². The highest BCUT2D eigenvalue weighted by Crippen LogP contribution is 2.29. The van der Waals surface area contributed by atoms with Gasteiger partial charge in [0.1, 0.15) is 0 Å². The Hall–Kier alpha value is -1.70. The molecule has 1 aliphatic heterocycles. The predicted molar refractivity (Wildman–Crippen MR) is 57.3 cm³/mol. The fourth-order valence-corrected chi connectivity index (χ4v) is 1.86. The van der Waals surface area contributed by atoms with Gasteiger partial charge in [0.2, 0.25) is 0 Å². The normalized spacial score (nSPS) is 23.2. The quantitative estimate of drug-likeness (QED) is 0.365. The van der Waals surface area contributed by atoms with Crippen molar-refractivity contribution in [1.29, 1.82) is 0 Å². The van der Waals surface area contributed by atoms with Gasteiger partial charge in [-0.3, -0.25) is 14.5 Å². The smallest absolute Gasteiger partial charge is 0.266 e. The lowest BCUT2D eigenvalue weighted by atomic mass is 9.89. The molecule has 1 rings (SSSR count). The molecule has 0 radical (unpaired) electrons. The van der Waals surface area contributed by atoms with E-state index in [1.165, 1.54) is 27.7 Å². The van der Waals surface area contributed by atoms with Crippen molar-refractivity contribution in [3.8, 4) is 12.3 Å². The van der Waals surface area contributed by atoms with Gasteiger partial charge in [0, 0.05) is 37.4 Å². The molecule has 1 saturated heterocycles. The third-order valence-corrected chi connectivity index (χ3v) is 2.80. The maximum atomic E-state index is 11.9. The molecule has 0 aliphatic carbocycles. The Morgan fingerprint density at radius 2 is 1.56 bits per heavy atom. The summed E-state index contributed by atoms with van der Waals surface area (Å²) in [6.45, 7) is 5.85. The molecule has 5 nitrogen and oxygen atoms in total. The van der Waals surface area contributed by atoms with Crippen LogP contribution in [0, 0.1) is 17.3 Å². The minimum atomic E-state index is -1.27. The highest BCUT2D eigenvalue weighted by atomic mass is 16.3. The molecular formula is C11H15N2O3+. The van der Waals surface area contributed by atoms with Crippen LogP contribution in [-0.4, -0.2) is 39.1 Å². The SMILES string of the molecule is C#CCN1C(=O)C(C)(C)[N+](=O)C(C)(C)C1=O. The van der Waals surface area contributed by atoms with Crippen molar-refractivity contribution in [3.63, 3.8) is 0 Å². The van der Waals surface area contributed by atoms with Crippen LogP contribution in [-0.2, 0) is 9.59 Å². The lowest BCUT2D eigenvalue weighted by molar-refractivity contribution is -0.660. The molecule has 86 valence electrons. The minimum absolute atomic E-state index is 0.0988. The average Bonchev–Trinajstić information content (AvgIpc) is 2.21. The van der Waals surface area contributed by atoms with Gasteiger partial charge in [0.15, 0.2) is 0 Å². The summed E-state index contributed by atoms with van der Waals surface area (Å²) in [6.07, 6.45) is 5.11. The van der Waals surface area contributed by atoms with E-state index in [0.717, 1.165) is 4.90 Å². The number of carbonyl (C=O) groups excluding carboxylic acids is 2. The Labute approximate surface area is 94.4 Å². The van der Waals surface area contributed by atoms with Crippen molar-refractivity contribution in [2.45, 2.75) is 38.8 Å². The van der Waals surface area contributed by atoms with Crippen LogP contribution in [0.25, 0.3) is 0 Å². The van der Waals surface area contributed by atoms with Gasteiger partial charge in [0.05, 0.1) is 6.54 Å². The van der Waals surface area contributed by atoms with Crippen molar-refractivity contribution in [1.82, 2.24) is 4.90 Å². The number of rotatable bonds is 1. The Morgan fingerprint density at radius 3 is 1.88 bits per heavy atom. The summed E-state index contributed by atoms with van der Waals surface area (Å²) >= 11 is 0. The van der Waals surface area contributed by atoms with Crippen molar-refractivity contribution in [2.24, 2.45) is 0 Å². The monoisotopic (exact) mass is 223 g/mol. The van der Waals surface area contributed by atoms with Gasteiger partial charge >= 0.3 is 11.8 Å². The molecule has 1 aliphatic rings. The molecule has 0 unspecified atom stereocenters. The molecule has 0 saturated carbocycles. The number of terminal acetylenes is 1. The molecule has 2 amide bonds. The van der Waals surface area contributed by atoms with E-state index in [-0.39, 0.29) is 6.54 Å². The zero-order valence-electron chi connectivity index (χ0n) is 9.90. The van der Waals surface area contributed by atoms with E-state index in [9.17, 15) is 14.5 Å². The topological polar surface area (TPSA) is 57.5 Å². The van der Waals surface area contributed by atoms with Gasteiger partial charge in [0.25, 0.3) is 11.1 Å². The number of piperazine rings is 1. The van der Waals surface area contributed by atoms with Crippen LogP contribution in [0.4, 0.5) is 0 Å². The van der Waals surface area contributed by atoms with Crippen LogP contribution in [0.5, 0.6) is 0 Å². The molecule has 0 aromatic rings. The summed E-state index contributed by atoms with van der Waals surface area (Å²) in [7, 11) is 0. The predicted octanol–water partition coefficient (Wildman–Crippen LogP) is 0.325. The van der Waals surface area contributed by atoms with Crippen LogP contribution < -0.4 is 0 Å². The van der Waals surface area contributed by atoms with E-state index < -0.39 is 22.9 Å². The summed E-state index contributed by atoms with van der Waals surface area (Å²) in [5.74, 6) is 1.15. The number of hydrogen-bond donors (Lipinski definition) is 0. The van der Waals surface area contributed by atoms with Crippen LogP contribution in [0.15, 0.2) is 0 Å². The molecule has 0 bridgehead atoms. The first kappa shape index (κ1) is 12.4. The van der Waals surface area contributed by atoms with Gasteiger partial charge in [-0.2, -0.15) is 0 Å². The first-order chi connectivity index (χ1) is 7.17. The Bertz CT molecular complexity index is 385. The zero-order chi connectivity index (χ0) is 12.7. The largest absolute Gasteiger partial charge is 0.305 e. The summed E-state index contributed by atoms with van der Waals surface area (Å²) in [5.41, 5.74) is -2.54. The molecule has 1 fully saturated rings. The zero-order valence-corrected chi connectivity index (χ0v) is 9.90. The molecule has 5 heteroatoms. The molecule has 0 N–H and O–H groups in total. The number of hydrogen-bond acceptors (Lipinski definition) is 3. The summed E-state index contributed by atoms with van der Waals surface area (Å²) in [6, 6.07) is 0. The Morgan fingerprint density at radius 1 is 1.19 bits per heavy atom. The van der Waals surface area contributed by atoms with E-state index in [1.54, 1.807) is 0 Å². The third kappa shape index (κ3) is 1.42. The standard InChI is InChI=1S/C11H15N2O3/c1-6-7-12-8(14)10(2,3)13(16)11(4,5)9(12)15/h1H,7H2,2-5H3/q+1. The summed E-state index contributed by atoms with van der Waals surface area (Å²) in [4.78, 5) is 36.7. The van der Waals surface area contributed by atoms with Crippen molar-refractivity contribution < 1.29 is 14.3 Å². The van der Waals surface area contributed by atoms with E-state index in [2.05, 4.69) is 5.92 Å². The Balaban J connectivity index is 3.29. The number of amides is 2. The molecule has 0 aromatic heterocycles. The number of nitrogens with zero attached hydrogens (tertiary/aromatic N) is 2. The van der Waals surface area contributed by atoms with Crippen molar-refractivity contribution >= 4 is 11.8 Å². The van der Waals surface area contributed by atoms with E-state index >= 15 is 0 Å². The maximum Gasteiger partial charge on any atom is 0.305 e. The Kier molecular flexibility index (Phi) is 2.63. The first-order valence-electron chi connectivity index (χ1n) is 4.94. The lowest BCUT2D eigenvalue weighted by Crippen LogP contribution is -2.69. The average molecular weight is 223 g/mol.